The van der Waals surface area contributed by atoms with E-state index in [4.69, 9.17) is 0 Å². The van der Waals surface area contributed by atoms with Gasteiger partial charge in [0.25, 0.3) is 0 Å². The maximum absolute atomic E-state index is 2.32. The van der Waals surface area contributed by atoms with Gasteiger partial charge in [-0.05, 0) is 32.3 Å². The molecule has 0 aromatic rings. The third kappa shape index (κ3) is 1.55. The van der Waals surface area contributed by atoms with Crippen LogP contribution in [0.4, 0.5) is 0 Å². The van der Waals surface area contributed by atoms with Crippen molar-refractivity contribution in [3.8, 4) is 0 Å². The lowest BCUT2D eigenvalue weighted by molar-refractivity contribution is 1.29. The van der Waals surface area contributed by atoms with Crippen LogP contribution in [-0.4, -0.2) is 18.5 Å². The van der Waals surface area contributed by atoms with Crippen LogP contribution in [0.1, 0.15) is 20.8 Å². The zero-order valence-electron chi connectivity index (χ0n) is 6.57. The molecule has 1 rings (SSSR count). The number of rotatable bonds is 1. The van der Waals surface area contributed by atoms with Gasteiger partial charge in [-0.2, -0.15) is 0 Å². The van der Waals surface area contributed by atoms with E-state index in [0.717, 1.165) is 0 Å². The first kappa shape index (κ1) is 7.28. The summed E-state index contributed by atoms with van der Waals surface area (Å²) in [5.74, 6) is 0. The maximum atomic E-state index is 2.32. The summed E-state index contributed by atoms with van der Waals surface area (Å²) in [6, 6.07) is 0. The van der Waals surface area contributed by atoms with Gasteiger partial charge in [0.15, 0.2) is 0 Å². The average molecular weight is 142 g/mol. The normalized spacial score (nSPS) is 21.7. The molecule has 1 aliphatic rings. The third-order valence-electron chi connectivity index (χ3n) is 2.10. The minimum absolute atomic E-state index is 0.404. The van der Waals surface area contributed by atoms with Gasteiger partial charge in [-0.25, -0.2) is 0 Å². The van der Waals surface area contributed by atoms with E-state index in [1.807, 2.05) is 0 Å². The second kappa shape index (κ2) is 2.84. The van der Waals surface area contributed by atoms with Crippen molar-refractivity contribution >= 4 is 7.92 Å². The van der Waals surface area contributed by atoms with Crippen molar-refractivity contribution < 1.29 is 0 Å². The van der Waals surface area contributed by atoms with E-state index in [9.17, 15) is 0 Å². The van der Waals surface area contributed by atoms with Gasteiger partial charge in [-0.15, -0.1) is 0 Å². The van der Waals surface area contributed by atoms with E-state index in [1.165, 1.54) is 18.5 Å². The Morgan fingerprint density at radius 2 is 1.67 bits per heavy atom. The fraction of sp³-hybridized carbons (Fsp3) is 0.750. The van der Waals surface area contributed by atoms with Gasteiger partial charge in [-0.3, -0.25) is 0 Å². The lowest BCUT2D eigenvalue weighted by Gasteiger charge is -2.04. The van der Waals surface area contributed by atoms with Gasteiger partial charge in [-0.1, -0.05) is 26.0 Å². The molecule has 0 saturated carbocycles. The van der Waals surface area contributed by atoms with Crippen LogP contribution in [0.3, 0.4) is 0 Å². The van der Waals surface area contributed by atoms with Crippen LogP contribution in [0.15, 0.2) is 11.1 Å². The summed E-state index contributed by atoms with van der Waals surface area (Å²) >= 11 is 0. The highest BCUT2D eigenvalue weighted by molar-refractivity contribution is 7.58. The molecule has 52 valence electrons. The van der Waals surface area contributed by atoms with Gasteiger partial charge in [0.1, 0.15) is 0 Å². The fourth-order valence-electron chi connectivity index (χ4n) is 1.22. The van der Waals surface area contributed by atoms with Crippen molar-refractivity contribution in [1.29, 1.82) is 0 Å². The van der Waals surface area contributed by atoms with Crippen molar-refractivity contribution in [2.45, 2.75) is 20.8 Å². The molecule has 0 saturated heterocycles. The topological polar surface area (TPSA) is 0 Å². The fourth-order valence-corrected chi connectivity index (χ4v) is 3.66. The molecular weight excluding hydrogens is 127 g/mol. The summed E-state index contributed by atoms with van der Waals surface area (Å²) in [6.07, 6.45) is 4.28. The molecule has 0 bridgehead atoms. The first-order chi connectivity index (χ1) is 4.24. The Hall–Kier alpha value is 0.170. The van der Waals surface area contributed by atoms with Crippen molar-refractivity contribution in [1.82, 2.24) is 0 Å². The van der Waals surface area contributed by atoms with Crippen LogP contribution in [0.2, 0.25) is 0 Å². The van der Waals surface area contributed by atoms with E-state index >= 15 is 0 Å². The molecule has 0 radical (unpaired) electrons. The van der Waals surface area contributed by atoms with E-state index in [2.05, 4.69) is 20.8 Å². The number of hydrogen-bond acceptors (Lipinski definition) is 0. The monoisotopic (exact) mass is 142 g/mol. The molecule has 1 heteroatoms. The summed E-state index contributed by atoms with van der Waals surface area (Å²) in [5.41, 5.74) is 3.34. The Bertz CT molecular complexity index is 122. The second-order valence-electron chi connectivity index (χ2n) is 2.86. The van der Waals surface area contributed by atoms with Crippen LogP contribution in [0, 0.1) is 0 Å². The molecule has 0 aromatic carbocycles. The summed E-state index contributed by atoms with van der Waals surface area (Å²) in [6.45, 7) is 6.89. The summed E-state index contributed by atoms with van der Waals surface area (Å²) in [5, 5.41) is 0. The van der Waals surface area contributed by atoms with Gasteiger partial charge < -0.3 is 0 Å². The zero-order chi connectivity index (χ0) is 6.85. The van der Waals surface area contributed by atoms with Crippen molar-refractivity contribution in [3.05, 3.63) is 11.1 Å². The molecular formula is C8H15P. The standard InChI is InChI=1S/C8H15P/c1-4-9-5-7(2)8(3)6-9/h4-6H2,1-3H3. The van der Waals surface area contributed by atoms with E-state index in [1.54, 1.807) is 11.1 Å². The molecule has 0 atom stereocenters. The van der Waals surface area contributed by atoms with E-state index in [0.29, 0.717) is 7.92 Å². The molecule has 9 heavy (non-hydrogen) atoms. The van der Waals surface area contributed by atoms with E-state index in [-0.39, 0.29) is 0 Å². The van der Waals surface area contributed by atoms with Gasteiger partial charge >= 0.3 is 0 Å². The first-order valence-corrected chi connectivity index (χ1v) is 5.51. The van der Waals surface area contributed by atoms with Crippen LogP contribution >= 0.6 is 7.92 Å². The lowest BCUT2D eigenvalue weighted by Crippen LogP contribution is -1.81. The summed E-state index contributed by atoms with van der Waals surface area (Å²) < 4.78 is 0. The molecule has 0 N–H and O–H groups in total. The third-order valence-corrected chi connectivity index (χ3v) is 4.83. The molecule has 0 spiro atoms. The molecule has 0 aliphatic carbocycles. The minimum Gasteiger partial charge on any atom is -0.0987 e. The Labute approximate surface area is 59.1 Å². The minimum atomic E-state index is 0.404. The quantitative estimate of drug-likeness (QED) is 0.390. The number of allylic oxidation sites excluding steroid dienone is 2. The van der Waals surface area contributed by atoms with Gasteiger partial charge in [0, 0.05) is 0 Å². The molecule has 0 unspecified atom stereocenters. The molecule has 1 aliphatic heterocycles. The first-order valence-electron chi connectivity index (χ1n) is 3.61. The highest BCUT2D eigenvalue weighted by Gasteiger charge is 2.15. The Balaban J connectivity index is 2.48. The molecule has 0 aromatic heterocycles. The molecule has 0 amide bonds. The van der Waals surface area contributed by atoms with E-state index < -0.39 is 0 Å². The zero-order valence-corrected chi connectivity index (χ0v) is 7.46. The summed E-state index contributed by atoms with van der Waals surface area (Å²) in [7, 11) is 0.404. The Kier molecular flexibility index (Phi) is 2.29. The van der Waals surface area contributed by atoms with Crippen molar-refractivity contribution in [2.24, 2.45) is 0 Å². The predicted molar refractivity (Wildman–Crippen MR) is 45.6 cm³/mol. The average Bonchev–Trinajstić information content (AvgIpc) is 2.13. The highest BCUT2D eigenvalue weighted by Crippen LogP contribution is 2.45. The molecule has 0 fully saturated rings. The largest absolute Gasteiger partial charge is 0.0987 e. The summed E-state index contributed by atoms with van der Waals surface area (Å²) in [4.78, 5) is 0. The van der Waals surface area contributed by atoms with Crippen LogP contribution < -0.4 is 0 Å². The van der Waals surface area contributed by atoms with Crippen LogP contribution in [0.5, 0.6) is 0 Å². The molecule has 0 nitrogen and oxygen atoms in total. The van der Waals surface area contributed by atoms with Crippen molar-refractivity contribution in [3.63, 3.8) is 0 Å². The SMILES string of the molecule is CCP1CC(C)=C(C)C1. The Morgan fingerprint density at radius 1 is 1.22 bits per heavy atom. The molecule has 1 heterocycles. The second-order valence-corrected chi connectivity index (χ2v) is 5.47. The van der Waals surface area contributed by atoms with Gasteiger partial charge in [0.05, 0.1) is 0 Å². The highest BCUT2D eigenvalue weighted by atomic mass is 31.1. The number of hydrogen-bond donors (Lipinski definition) is 0. The predicted octanol–water partition coefficient (Wildman–Crippen LogP) is 2.84. The smallest absolute Gasteiger partial charge is 0.0112 e. The van der Waals surface area contributed by atoms with Crippen molar-refractivity contribution in [2.75, 3.05) is 18.5 Å². The Morgan fingerprint density at radius 3 is 1.89 bits per heavy atom. The van der Waals surface area contributed by atoms with Crippen LogP contribution in [-0.2, 0) is 0 Å². The maximum Gasteiger partial charge on any atom is -0.0112 e. The lowest BCUT2D eigenvalue weighted by atomic mass is 10.2. The van der Waals surface area contributed by atoms with Crippen LogP contribution in [0.25, 0.3) is 0 Å². The van der Waals surface area contributed by atoms with Gasteiger partial charge in [0.2, 0.25) is 0 Å².